The summed E-state index contributed by atoms with van der Waals surface area (Å²) >= 11 is 0. The Kier molecular flexibility index (Phi) is 2.18. The molecule has 0 radical (unpaired) electrons. The molecule has 2 heteroatoms. The number of rotatable bonds is 0. The molecule has 0 bridgehead atoms. The highest BCUT2D eigenvalue weighted by molar-refractivity contribution is 8.35. The van der Waals surface area contributed by atoms with Gasteiger partial charge in [-0.25, -0.2) is 0 Å². The molecule has 110 valence electrons. The van der Waals surface area contributed by atoms with Gasteiger partial charge in [0, 0.05) is 0 Å². The Balaban J connectivity index is 1.83. The van der Waals surface area contributed by atoms with Crippen LogP contribution in [0.3, 0.4) is 0 Å². The van der Waals surface area contributed by atoms with Crippen molar-refractivity contribution in [3.8, 4) is 11.1 Å². The van der Waals surface area contributed by atoms with E-state index in [0.29, 0.717) is 0 Å². The Labute approximate surface area is 133 Å². The first-order chi connectivity index (χ1) is 10.6. The summed E-state index contributed by atoms with van der Waals surface area (Å²) in [6, 6.07) is 17.8. The van der Waals surface area contributed by atoms with Crippen molar-refractivity contribution in [2.75, 3.05) is 12.5 Å². The van der Waals surface area contributed by atoms with E-state index in [2.05, 4.69) is 90.7 Å². The molecule has 1 heterocycles. The molecular formula is C20H19NS. The van der Waals surface area contributed by atoms with Gasteiger partial charge in [0.05, 0.1) is 4.87 Å². The summed E-state index contributed by atoms with van der Waals surface area (Å²) in [7, 11) is -0.973. The molecule has 0 unspecified atom stereocenters. The molecule has 22 heavy (non-hydrogen) atoms. The van der Waals surface area contributed by atoms with Crippen LogP contribution < -0.4 is 5.32 Å². The van der Waals surface area contributed by atoms with Crippen molar-refractivity contribution < 1.29 is 0 Å². The molecule has 1 N–H and O–H groups in total. The minimum atomic E-state index is -0.973. The Morgan fingerprint density at radius 1 is 0.773 bits per heavy atom. The summed E-state index contributed by atoms with van der Waals surface area (Å²) in [5, 5.41) is 4.00. The van der Waals surface area contributed by atoms with E-state index in [1.54, 1.807) is 0 Å². The van der Waals surface area contributed by atoms with Gasteiger partial charge in [0.1, 0.15) is 4.87 Å². The molecule has 0 amide bonds. The predicted octanol–water partition coefficient (Wildman–Crippen LogP) is 4.36. The largest absolute Gasteiger partial charge is 0.276 e. The number of allylic oxidation sites excluding steroid dienone is 2. The van der Waals surface area contributed by atoms with Crippen molar-refractivity contribution in [2.24, 2.45) is 0 Å². The number of hydrogen-bond donors (Lipinski definition) is 1. The third-order valence-corrected chi connectivity index (χ3v) is 9.82. The van der Waals surface area contributed by atoms with Crippen molar-refractivity contribution in [1.82, 2.24) is 5.32 Å². The van der Waals surface area contributed by atoms with E-state index < -0.39 is 10.0 Å². The second-order valence-corrected chi connectivity index (χ2v) is 10.7. The molecule has 1 aliphatic heterocycles. The monoisotopic (exact) mass is 305 g/mol. The number of hydrogen-bond acceptors (Lipinski definition) is 1. The van der Waals surface area contributed by atoms with E-state index in [-0.39, 0.29) is 9.74 Å². The van der Waals surface area contributed by atoms with E-state index in [1.165, 1.54) is 22.3 Å². The highest BCUT2D eigenvalue weighted by Gasteiger charge is 2.67. The zero-order valence-corrected chi connectivity index (χ0v) is 13.7. The van der Waals surface area contributed by atoms with Crippen molar-refractivity contribution in [3.05, 3.63) is 84.0 Å². The van der Waals surface area contributed by atoms with E-state index in [0.717, 1.165) is 0 Å². The molecule has 0 saturated carbocycles. The highest BCUT2D eigenvalue weighted by Crippen LogP contribution is 2.79. The topological polar surface area (TPSA) is 12.0 Å². The molecule has 2 spiro atoms. The third kappa shape index (κ3) is 1.13. The lowest BCUT2D eigenvalue weighted by atomic mass is 10.0. The summed E-state index contributed by atoms with van der Waals surface area (Å²) in [6.45, 7) is 0. The Morgan fingerprint density at radius 2 is 1.27 bits per heavy atom. The lowest BCUT2D eigenvalue weighted by Gasteiger charge is -2.71. The van der Waals surface area contributed by atoms with E-state index in [9.17, 15) is 0 Å². The molecule has 0 atom stereocenters. The molecular weight excluding hydrogens is 286 g/mol. The van der Waals surface area contributed by atoms with E-state index in [1.807, 2.05) is 0 Å². The predicted molar refractivity (Wildman–Crippen MR) is 96.2 cm³/mol. The molecule has 5 rings (SSSR count). The second kappa shape index (κ2) is 3.76. The van der Waals surface area contributed by atoms with Crippen LogP contribution in [0.2, 0.25) is 0 Å². The minimum absolute atomic E-state index is 0.0147. The summed E-state index contributed by atoms with van der Waals surface area (Å²) in [4.78, 5) is 0.0385. The van der Waals surface area contributed by atoms with Gasteiger partial charge in [-0.15, -0.1) is 0 Å². The quantitative estimate of drug-likeness (QED) is 0.762. The smallest absolute Gasteiger partial charge is 0.105 e. The average Bonchev–Trinajstić information content (AvgIpc) is 3.14. The summed E-state index contributed by atoms with van der Waals surface area (Å²) < 4.78 is 0. The van der Waals surface area contributed by atoms with Crippen LogP contribution in [0.4, 0.5) is 0 Å². The van der Waals surface area contributed by atoms with Crippen LogP contribution in [-0.2, 0) is 4.87 Å². The Morgan fingerprint density at radius 3 is 1.77 bits per heavy atom. The third-order valence-electron chi connectivity index (χ3n) is 5.68. The van der Waals surface area contributed by atoms with Gasteiger partial charge in [-0.3, -0.25) is 5.32 Å². The first-order valence-electron chi connectivity index (χ1n) is 7.71. The van der Waals surface area contributed by atoms with Crippen molar-refractivity contribution in [3.63, 3.8) is 0 Å². The number of benzene rings is 2. The maximum absolute atomic E-state index is 4.00. The maximum atomic E-state index is 4.00. The fraction of sp³-hybridized carbons (Fsp3) is 0.200. The molecule has 3 aliphatic rings. The highest BCUT2D eigenvalue weighted by atomic mass is 32.3. The fourth-order valence-electron chi connectivity index (χ4n) is 4.49. The maximum Gasteiger partial charge on any atom is 0.105 e. The molecule has 1 fully saturated rings. The van der Waals surface area contributed by atoms with Crippen LogP contribution >= 0.6 is 10.0 Å². The van der Waals surface area contributed by atoms with Gasteiger partial charge in [0.15, 0.2) is 0 Å². The van der Waals surface area contributed by atoms with Gasteiger partial charge in [0.2, 0.25) is 0 Å². The summed E-state index contributed by atoms with van der Waals surface area (Å²) in [6.07, 6.45) is 14.0. The van der Waals surface area contributed by atoms with Crippen molar-refractivity contribution in [1.29, 1.82) is 0 Å². The molecule has 1 saturated heterocycles. The van der Waals surface area contributed by atoms with Crippen LogP contribution in [0.5, 0.6) is 0 Å². The summed E-state index contributed by atoms with van der Waals surface area (Å²) in [5.74, 6) is 0. The molecule has 2 aromatic rings. The minimum Gasteiger partial charge on any atom is -0.276 e. The molecule has 1 nitrogen and oxygen atoms in total. The van der Waals surface area contributed by atoms with Crippen LogP contribution in [0.25, 0.3) is 11.1 Å². The van der Waals surface area contributed by atoms with E-state index in [4.69, 9.17) is 0 Å². The SMILES string of the molecule is CS1(C)C2(C=CC=C2)NC12c1ccccc1-c1ccccc12. The van der Waals surface area contributed by atoms with Crippen LogP contribution in [0.1, 0.15) is 11.1 Å². The van der Waals surface area contributed by atoms with Gasteiger partial charge in [-0.05, 0) is 34.8 Å². The summed E-state index contributed by atoms with van der Waals surface area (Å²) in [5.41, 5.74) is 5.70. The van der Waals surface area contributed by atoms with Gasteiger partial charge in [-0.2, -0.15) is 10.0 Å². The van der Waals surface area contributed by atoms with Crippen molar-refractivity contribution in [2.45, 2.75) is 9.74 Å². The van der Waals surface area contributed by atoms with Crippen LogP contribution in [0.15, 0.2) is 72.8 Å². The number of nitrogens with one attached hydrogen (secondary N) is 1. The second-order valence-electron chi connectivity index (χ2n) is 6.74. The van der Waals surface area contributed by atoms with E-state index >= 15 is 0 Å². The average molecular weight is 305 g/mol. The molecule has 0 aromatic heterocycles. The lowest BCUT2D eigenvalue weighted by molar-refractivity contribution is 0.450. The standard InChI is InChI=1S/C20H19NS/c1-22(2)19(13-7-8-14-19)21-20(22)17-11-5-3-9-15(17)16-10-4-6-12-18(16)20/h3-14,21H,1-2H3. The zero-order chi connectivity index (χ0) is 15.0. The van der Waals surface area contributed by atoms with Gasteiger partial charge < -0.3 is 0 Å². The Hall–Kier alpha value is -1.77. The van der Waals surface area contributed by atoms with Gasteiger partial charge in [0.25, 0.3) is 0 Å². The Bertz CT molecular complexity index is 802. The number of fused-ring (bicyclic) bond motifs is 5. The normalized spacial score (nSPS) is 25.0. The fourth-order valence-corrected chi connectivity index (χ4v) is 7.97. The van der Waals surface area contributed by atoms with Gasteiger partial charge in [-0.1, -0.05) is 72.8 Å². The van der Waals surface area contributed by atoms with Gasteiger partial charge >= 0.3 is 0 Å². The lowest BCUT2D eigenvalue weighted by Crippen LogP contribution is -2.71. The molecule has 2 aromatic carbocycles. The van der Waals surface area contributed by atoms with Crippen LogP contribution in [0, 0.1) is 0 Å². The zero-order valence-electron chi connectivity index (χ0n) is 12.8. The first kappa shape index (κ1) is 12.7. The van der Waals surface area contributed by atoms with Crippen molar-refractivity contribution >= 4 is 10.0 Å². The first-order valence-corrected chi connectivity index (χ1v) is 10.2. The van der Waals surface area contributed by atoms with Crippen LogP contribution in [-0.4, -0.2) is 17.4 Å². The molecule has 2 aliphatic carbocycles.